The maximum absolute atomic E-state index is 11.5. The predicted octanol–water partition coefficient (Wildman–Crippen LogP) is 2.96. The second-order valence-electron chi connectivity index (χ2n) is 4.68. The summed E-state index contributed by atoms with van der Waals surface area (Å²) in [5.74, 6) is 0.290. The van der Waals surface area contributed by atoms with E-state index in [1.54, 1.807) is 0 Å². The molecule has 1 unspecified atom stereocenters. The van der Waals surface area contributed by atoms with Crippen molar-refractivity contribution < 1.29 is 9.53 Å². The van der Waals surface area contributed by atoms with Gasteiger partial charge in [-0.2, -0.15) is 0 Å². The van der Waals surface area contributed by atoms with Crippen LogP contribution in [0.25, 0.3) is 0 Å². The van der Waals surface area contributed by atoms with Crippen LogP contribution >= 0.6 is 11.6 Å². The van der Waals surface area contributed by atoms with Gasteiger partial charge in [0.25, 0.3) is 0 Å². The van der Waals surface area contributed by atoms with Crippen molar-refractivity contribution >= 4 is 23.3 Å². The number of carbonyl (C=O) groups excluding carboxylic acids is 1. The summed E-state index contributed by atoms with van der Waals surface area (Å²) in [6.45, 7) is 3.91. The number of hydrogen-bond donors (Lipinski definition) is 0. The Morgan fingerprint density at radius 2 is 2.06 bits per heavy atom. The van der Waals surface area contributed by atoms with E-state index in [9.17, 15) is 4.79 Å². The largest absolute Gasteiger partial charge is 0.426 e. The molecule has 1 aromatic rings. The van der Waals surface area contributed by atoms with Gasteiger partial charge in [0.05, 0.1) is 16.6 Å². The third-order valence-corrected chi connectivity index (χ3v) is 3.86. The molecule has 17 heavy (non-hydrogen) atoms. The molecule has 0 radical (unpaired) electrons. The average molecular weight is 252 g/mol. The summed E-state index contributed by atoms with van der Waals surface area (Å²) in [7, 11) is 0. The second kappa shape index (κ2) is 3.91. The lowest BCUT2D eigenvalue weighted by Gasteiger charge is -2.19. The highest BCUT2D eigenvalue weighted by Crippen LogP contribution is 2.41. The Balaban J connectivity index is 2.03. The zero-order chi connectivity index (χ0) is 12.0. The molecule has 4 heteroatoms. The number of fused-ring (bicyclic) bond motifs is 1. The van der Waals surface area contributed by atoms with E-state index >= 15 is 0 Å². The molecule has 2 aliphatic heterocycles. The molecule has 2 aliphatic rings. The van der Waals surface area contributed by atoms with Crippen molar-refractivity contribution in [1.29, 1.82) is 0 Å². The third-order valence-electron chi connectivity index (χ3n) is 3.56. The van der Waals surface area contributed by atoms with Gasteiger partial charge in [0.2, 0.25) is 0 Å². The van der Waals surface area contributed by atoms with Crippen molar-refractivity contribution in [3.8, 4) is 5.75 Å². The van der Waals surface area contributed by atoms with Gasteiger partial charge in [0, 0.05) is 24.7 Å². The van der Waals surface area contributed by atoms with Crippen molar-refractivity contribution in [3.63, 3.8) is 0 Å². The molecule has 1 atom stereocenters. The zero-order valence-corrected chi connectivity index (χ0v) is 10.5. The Labute approximate surface area is 105 Å². The smallest absolute Gasteiger partial charge is 0.318 e. The van der Waals surface area contributed by atoms with E-state index in [4.69, 9.17) is 16.3 Å². The van der Waals surface area contributed by atoms with Gasteiger partial charge in [-0.25, -0.2) is 0 Å². The highest BCUT2D eigenvalue weighted by Gasteiger charge is 2.31. The van der Waals surface area contributed by atoms with Gasteiger partial charge in [-0.05, 0) is 25.8 Å². The van der Waals surface area contributed by atoms with E-state index in [-0.39, 0.29) is 11.9 Å². The molecule has 90 valence electrons. The number of benzene rings is 1. The van der Waals surface area contributed by atoms with Gasteiger partial charge < -0.3 is 9.64 Å². The van der Waals surface area contributed by atoms with E-state index in [2.05, 4.69) is 4.90 Å². The van der Waals surface area contributed by atoms with Crippen LogP contribution < -0.4 is 9.64 Å². The molecule has 0 aliphatic carbocycles. The molecular weight excluding hydrogens is 238 g/mol. The minimum Gasteiger partial charge on any atom is -0.426 e. The van der Waals surface area contributed by atoms with Gasteiger partial charge in [-0.15, -0.1) is 0 Å². The van der Waals surface area contributed by atoms with Gasteiger partial charge in [-0.1, -0.05) is 11.6 Å². The van der Waals surface area contributed by atoms with E-state index in [1.165, 1.54) is 12.8 Å². The van der Waals surface area contributed by atoms with E-state index < -0.39 is 0 Å². The highest BCUT2D eigenvalue weighted by atomic mass is 35.5. The molecule has 3 nitrogen and oxygen atoms in total. The van der Waals surface area contributed by atoms with Crippen molar-refractivity contribution in [3.05, 3.63) is 22.7 Å². The van der Waals surface area contributed by atoms with Gasteiger partial charge in [0.15, 0.2) is 0 Å². The summed E-state index contributed by atoms with van der Waals surface area (Å²) >= 11 is 6.29. The molecule has 0 saturated carbocycles. The van der Waals surface area contributed by atoms with E-state index in [1.807, 2.05) is 19.1 Å². The number of carbonyl (C=O) groups is 1. The number of hydrogen-bond acceptors (Lipinski definition) is 3. The summed E-state index contributed by atoms with van der Waals surface area (Å²) in [4.78, 5) is 13.7. The predicted molar refractivity (Wildman–Crippen MR) is 66.9 cm³/mol. The number of nitrogens with zero attached hydrogens (tertiary/aromatic N) is 1. The average Bonchev–Trinajstić information content (AvgIpc) is 2.90. The Bertz CT molecular complexity index is 481. The minimum absolute atomic E-state index is 0.186. The topological polar surface area (TPSA) is 29.5 Å². The molecular formula is C13H14ClNO2. The van der Waals surface area contributed by atoms with Crippen molar-refractivity contribution in [2.45, 2.75) is 25.7 Å². The molecule has 3 rings (SSSR count). The molecule has 0 bridgehead atoms. The fourth-order valence-corrected chi connectivity index (χ4v) is 2.80. The van der Waals surface area contributed by atoms with Crippen LogP contribution in [0, 0.1) is 0 Å². The zero-order valence-electron chi connectivity index (χ0n) is 9.70. The Hall–Kier alpha value is -1.22. The van der Waals surface area contributed by atoms with Gasteiger partial charge in [-0.3, -0.25) is 4.79 Å². The standard InChI is InChI=1S/C13H14ClNO2/c1-8-9-6-10(14)11(15-4-2-3-5-15)7-12(9)17-13(8)16/h6-8H,2-5H2,1H3. The molecule has 0 N–H and O–H groups in total. The van der Waals surface area contributed by atoms with Crippen LogP contribution in [0.15, 0.2) is 12.1 Å². The molecule has 1 fully saturated rings. The summed E-state index contributed by atoms with van der Waals surface area (Å²) in [6.07, 6.45) is 2.40. The molecule has 2 heterocycles. The fourth-order valence-electron chi connectivity index (χ4n) is 2.51. The first-order chi connectivity index (χ1) is 8.16. The number of anilines is 1. The van der Waals surface area contributed by atoms with Crippen LogP contribution in [0.4, 0.5) is 5.69 Å². The van der Waals surface area contributed by atoms with E-state index in [0.717, 1.165) is 29.4 Å². The van der Waals surface area contributed by atoms with Crippen molar-refractivity contribution in [1.82, 2.24) is 0 Å². The molecule has 1 aromatic carbocycles. The lowest BCUT2D eigenvalue weighted by molar-refractivity contribution is -0.133. The molecule has 0 amide bonds. The summed E-state index contributed by atoms with van der Waals surface area (Å²) < 4.78 is 5.25. The third kappa shape index (κ3) is 1.69. The number of halogens is 1. The van der Waals surface area contributed by atoms with Crippen LogP contribution in [-0.2, 0) is 4.79 Å². The monoisotopic (exact) mass is 251 g/mol. The highest BCUT2D eigenvalue weighted by molar-refractivity contribution is 6.33. The number of ether oxygens (including phenoxy) is 1. The summed E-state index contributed by atoms with van der Waals surface area (Å²) in [5, 5.41) is 0.718. The van der Waals surface area contributed by atoms with E-state index in [0.29, 0.717) is 5.75 Å². The van der Waals surface area contributed by atoms with Gasteiger partial charge >= 0.3 is 5.97 Å². The number of esters is 1. The lowest BCUT2D eigenvalue weighted by Crippen LogP contribution is -2.17. The maximum Gasteiger partial charge on any atom is 0.318 e. The fraction of sp³-hybridized carbons (Fsp3) is 0.462. The SMILES string of the molecule is CC1C(=O)Oc2cc(N3CCCC3)c(Cl)cc21. The minimum atomic E-state index is -0.199. The first kappa shape index (κ1) is 10.9. The first-order valence-electron chi connectivity index (χ1n) is 5.97. The van der Waals surface area contributed by atoms with Crippen LogP contribution in [0.5, 0.6) is 5.75 Å². The first-order valence-corrected chi connectivity index (χ1v) is 6.34. The van der Waals surface area contributed by atoms with Crippen LogP contribution in [0.2, 0.25) is 5.02 Å². The van der Waals surface area contributed by atoms with Gasteiger partial charge in [0.1, 0.15) is 5.75 Å². The Morgan fingerprint density at radius 1 is 1.35 bits per heavy atom. The number of rotatable bonds is 1. The van der Waals surface area contributed by atoms with Crippen molar-refractivity contribution in [2.24, 2.45) is 0 Å². The maximum atomic E-state index is 11.5. The molecule has 1 saturated heterocycles. The van der Waals surface area contributed by atoms with Crippen LogP contribution in [-0.4, -0.2) is 19.1 Å². The quantitative estimate of drug-likeness (QED) is 0.568. The van der Waals surface area contributed by atoms with Crippen LogP contribution in [0.1, 0.15) is 31.2 Å². The Kier molecular flexibility index (Phi) is 2.51. The van der Waals surface area contributed by atoms with Crippen LogP contribution in [0.3, 0.4) is 0 Å². The van der Waals surface area contributed by atoms with Crippen molar-refractivity contribution in [2.75, 3.05) is 18.0 Å². The summed E-state index contributed by atoms with van der Waals surface area (Å²) in [6, 6.07) is 3.78. The molecule has 0 spiro atoms. The normalized spacial score (nSPS) is 22.8. The lowest BCUT2D eigenvalue weighted by atomic mass is 10.0. The second-order valence-corrected chi connectivity index (χ2v) is 5.09. The Morgan fingerprint density at radius 3 is 2.76 bits per heavy atom. The molecule has 0 aromatic heterocycles. The summed E-state index contributed by atoms with van der Waals surface area (Å²) in [5.41, 5.74) is 1.90.